The van der Waals surface area contributed by atoms with Crippen LogP contribution in [0.15, 0.2) is 60.7 Å². The van der Waals surface area contributed by atoms with Crippen molar-refractivity contribution >= 4 is 61.4 Å². The third kappa shape index (κ3) is 3.01. The number of hydrogen-bond acceptors (Lipinski definition) is 4. The van der Waals surface area contributed by atoms with Crippen LogP contribution in [0.4, 0.5) is 0 Å². The van der Waals surface area contributed by atoms with Gasteiger partial charge in [-0.05, 0) is 31.1 Å². The SMILES string of the molecule is CC(=O)OC1C=CCC1.O=C1NC(=O)c2c1c1c3ccccc3[nH]c1c1[nH]c3ccccc3c21. The minimum atomic E-state index is -0.332. The van der Waals surface area contributed by atoms with E-state index in [0.29, 0.717) is 11.1 Å². The quantitative estimate of drug-likeness (QED) is 0.187. The molecule has 7 rings (SSSR count). The Bertz CT molecular complexity index is 1580. The van der Waals surface area contributed by atoms with Crippen LogP contribution in [0.1, 0.15) is 40.5 Å². The van der Waals surface area contributed by atoms with Crippen molar-refractivity contribution in [1.82, 2.24) is 15.3 Å². The van der Waals surface area contributed by atoms with Crippen molar-refractivity contribution in [3.8, 4) is 0 Å². The summed E-state index contributed by atoms with van der Waals surface area (Å²) in [7, 11) is 0. The average Bonchev–Trinajstić information content (AvgIpc) is 3.58. The summed E-state index contributed by atoms with van der Waals surface area (Å²) in [6, 6.07) is 15.7. The first kappa shape index (κ1) is 20.2. The van der Waals surface area contributed by atoms with Crippen LogP contribution in [0.2, 0.25) is 0 Å². The number of H-pyrrole nitrogens is 2. The van der Waals surface area contributed by atoms with E-state index in [1.54, 1.807) is 0 Å². The largest absolute Gasteiger partial charge is 0.458 e. The van der Waals surface area contributed by atoms with Crippen molar-refractivity contribution < 1.29 is 19.1 Å². The second kappa shape index (κ2) is 7.59. The minimum absolute atomic E-state index is 0.0579. The number of aromatic nitrogens is 2. The fraction of sp³-hybridized carbons (Fsp3) is 0.148. The van der Waals surface area contributed by atoms with E-state index in [1.807, 2.05) is 60.7 Å². The summed E-state index contributed by atoms with van der Waals surface area (Å²) >= 11 is 0. The molecule has 168 valence electrons. The standard InChI is InChI=1S/C20H11N3O2.C7H10O2/c24-19-15-13-9-5-1-3-7-11(9)21-17(13)18-14(16(15)20(25)23-19)10-6-2-4-8-12(10)22-18;1-6(8)9-7-4-2-3-5-7/h1-8,21-22H,(H,23,24,25);2,4,7H,3,5H2,1H3. The van der Waals surface area contributed by atoms with Gasteiger partial charge in [0.25, 0.3) is 11.8 Å². The topological polar surface area (TPSA) is 104 Å². The maximum Gasteiger partial charge on any atom is 0.303 e. The molecule has 5 aromatic rings. The van der Waals surface area contributed by atoms with Gasteiger partial charge in [-0.2, -0.15) is 0 Å². The third-order valence-corrected chi connectivity index (χ3v) is 6.38. The van der Waals surface area contributed by atoms with Crippen LogP contribution in [-0.4, -0.2) is 33.9 Å². The highest BCUT2D eigenvalue weighted by molar-refractivity contribution is 6.39. The maximum atomic E-state index is 12.6. The molecule has 2 amide bonds. The van der Waals surface area contributed by atoms with Crippen molar-refractivity contribution in [3.05, 3.63) is 71.8 Å². The van der Waals surface area contributed by atoms with Gasteiger partial charge in [0.15, 0.2) is 0 Å². The van der Waals surface area contributed by atoms with E-state index < -0.39 is 0 Å². The number of carbonyl (C=O) groups excluding carboxylic acids is 3. The molecule has 2 aromatic heterocycles. The number of para-hydroxylation sites is 2. The van der Waals surface area contributed by atoms with Crippen LogP contribution in [-0.2, 0) is 9.53 Å². The Kier molecular flexibility index (Phi) is 4.52. The third-order valence-electron chi connectivity index (χ3n) is 6.38. The van der Waals surface area contributed by atoms with Crippen molar-refractivity contribution in [1.29, 1.82) is 0 Å². The van der Waals surface area contributed by atoms with E-state index in [0.717, 1.165) is 56.5 Å². The van der Waals surface area contributed by atoms with Crippen molar-refractivity contribution in [2.75, 3.05) is 0 Å². The second-order valence-corrected chi connectivity index (χ2v) is 8.53. The van der Waals surface area contributed by atoms with Gasteiger partial charge in [-0.3, -0.25) is 19.7 Å². The molecule has 0 radical (unpaired) electrons. The molecule has 0 saturated carbocycles. The highest BCUT2D eigenvalue weighted by atomic mass is 16.5. The molecule has 0 spiro atoms. The highest BCUT2D eigenvalue weighted by Gasteiger charge is 2.34. The van der Waals surface area contributed by atoms with Gasteiger partial charge >= 0.3 is 5.97 Å². The Labute approximate surface area is 193 Å². The molecule has 0 fully saturated rings. The molecule has 7 heteroatoms. The molecule has 0 bridgehead atoms. The van der Waals surface area contributed by atoms with Gasteiger partial charge in [-0.25, -0.2) is 0 Å². The summed E-state index contributed by atoms with van der Waals surface area (Å²) in [5.41, 5.74) is 4.53. The van der Waals surface area contributed by atoms with Crippen LogP contribution in [0.3, 0.4) is 0 Å². The highest BCUT2D eigenvalue weighted by Crippen LogP contribution is 2.41. The number of aromatic amines is 2. The number of imide groups is 1. The van der Waals surface area contributed by atoms with Gasteiger partial charge in [0.2, 0.25) is 0 Å². The predicted molar refractivity (Wildman–Crippen MR) is 131 cm³/mol. The Morgan fingerprint density at radius 1 is 0.853 bits per heavy atom. The van der Waals surface area contributed by atoms with Gasteiger partial charge in [0, 0.05) is 39.5 Å². The van der Waals surface area contributed by atoms with Gasteiger partial charge in [-0.1, -0.05) is 42.5 Å². The zero-order valence-corrected chi connectivity index (χ0v) is 18.4. The van der Waals surface area contributed by atoms with Crippen LogP contribution in [0.5, 0.6) is 0 Å². The molecular formula is C27H21N3O4. The predicted octanol–water partition coefficient (Wildman–Crippen LogP) is 5.11. The van der Waals surface area contributed by atoms with E-state index in [1.165, 1.54) is 6.92 Å². The lowest BCUT2D eigenvalue weighted by molar-refractivity contribution is -0.144. The summed E-state index contributed by atoms with van der Waals surface area (Å²) < 4.78 is 4.89. The Hall–Kier alpha value is -4.39. The lowest BCUT2D eigenvalue weighted by Crippen LogP contribution is -2.20. The first-order valence-corrected chi connectivity index (χ1v) is 11.2. The van der Waals surface area contributed by atoms with E-state index in [9.17, 15) is 14.4 Å². The van der Waals surface area contributed by atoms with E-state index >= 15 is 0 Å². The van der Waals surface area contributed by atoms with Gasteiger partial charge in [-0.15, -0.1) is 0 Å². The van der Waals surface area contributed by atoms with Gasteiger partial charge in [0.1, 0.15) is 6.10 Å². The molecule has 2 aliphatic rings. The molecule has 3 heterocycles. The van der Waals surface area contributed by atoms with Crippen molar-refractivity contribution in [2.45, 2.75) is 25.9 Å². The molecule has 3 aromatic carbocycles. The molecule has 7 nitrogen and oxygen atoms in total. The van der Waals surface area contributed by atoms with E-state index in [2.05, 4.69) is 15.3 Å². The van der Waals surface area contributed by atoms with Crippen LogP contribution in [0, 0.1) is 0 Å². The van der Waals surface area contributed by atoms with Gasteiger partial charge in [0.05, 0.1) is 22.2 Å². The summed E-state index contributed by atoms with van der Waals surface area (Å²) in [4.78, 5) is 42.3. The normalized spacial score (nSPS) is 16.8. The van der Waals surface area contributed by atoms with E-state index in [-0.39, 0.29) is 23.9 Å². The van der Waals surface area contributed by atoms with Crippen LogP contribution >= 0.6 is 0 Å². The molecule has 1 aliphatic carbocycles. The first-order valence-electron chi connectivity index (χ1n) is 11.2. The smallest absolute Gasteiger partial charge is 0.303 e. The Balaban J connectivity index is 0.000000206. The number of nitrogens with one attached hydrogen (secondary N) is 3. The number of ether oxygens (including phenoxy) is 1. The molecule has 1 atom stereocenters. The molecular weight excluding hydrogens is 430 g/mol. The fourth-order valence-corrected chi connectivity index (χ4v) is 5.03. The number of hydrogen-bond donors (Lipinski definition) is 3. The number of rotatable bonds is 1. The first-order chi connectivity index (χ1) is 16.5. The van der Waals surface area contributed by atoms with Crippen molar-refractivity contribution in [2.24, 2.45) is 0 Å². The number of allylic oxidation sites excluding steroid dienone is 1. The molecule has 0 saturated heterocycles. The average molecular weight is 451 g/mol. The monoisotopic (exact) mass is 451 g/mol. The van der Waals surface area contributed by atoms with Gasteiger partial charge < -0.3 is 14.7 Å². The summed E-state index contributed by atoms with van der Waals surface area (Å²) in [6.07, 6.45) is 6.02. The zero-order chi connectivity index (χ0) is 23.4. The summed E-state index contributed by atoms with van der Waals surface area (Å²) in [5.74, 6) is -0.851. The van der Waals surface area contributed by atoms with Crippen molar-refractivity contribution in [3.63, 3.8) is 0 Å². The lowest BCUT2D eigenvalue weighted by atomic mass is 9.97. The van der Waals surface area contributed by atoms with E-state index in [4.69, 9.17) is 4.74 Å². The summed E-state index contributed by atoms with van der Waals surface area (Å²) in [6.45, 7) is 1.44. The summed E-state index contributed by atoms with van der Waals surface area (Å²) in [5, 5.41) is 5.96. The Morgan fingerprint density at radius 3 is 1.85 bits per heavy atom. The molecule has 3 N–H and O–H groups in total. The van der Waals surface area contributed by atoms with Crippen LogP contribution < -0.4 is 5.32 Å². The maximum absolute atomic E-state index is 12.6. The molecule has 34 heavy (non-hydrogen) atoms. The molecule has 1 aliphatic heterocycles. The number of esters is 1. The number of amides is 2. The number of fused-ring (bicyclic) bond motifs is 10. The van der Waals surface area contributed by atoms with Crippen LogP contribution in [0.25, 0.3) is 43.6 Å². The number of carbonyl (C=O) groups is 3. The lowest BCUT2D eigenvalue weighted by Gasteiger charge is -2.05. The zero-order valence-electron chi connectivity index (χ0n) is 18.4. The minimum Gasteiger partial charge on any atom is -0.458 e. The molecule has 1 unspecified atom stereocenters. The number of benzene rings is 3. The fourth-order valence-electron chi connectivity index (χ4n) is 5.03. The second-order valence-electron chi connectivity index (χ2n) is 8.53. The Morgan fingerprint density at radius 2 is 1.38 bits per heavy atom.